The molecule has 25 heavy (non-hydrogen) atoms. The van der Waals surface area contributed by atoms with Crippen LogP contribution in [0.3, 0.4) is 0 Å². The summed E-state index contributed by atoms with van der Waals surface area (Å²) in [7, 11) is 0. The zero-order valence-electron chi connectivity index (χ0n) is 14.8. The normalized spacial score (nSPS) is 10.7. The van der Waals surface area contributed by atoms with E-state index < -0.39 is 0 Å². The first-order valence-electron chi connectivity index (χ1n) is 8.69. The van der Waals surface area contributed by atoms with Crippen LogP contribution < -0.4 is 9.47 Å². The Kier molecular flexibility index (Phi) is 5.73. The minimum absolute atomic E-state index is 0.554. The average Bonchev–Trinajstić information content (AvgIpc) is 2.67. The molecule has 0 aromatic heterocycles. The fourth-order valence-electron chi connectivity index (χ4n) is 2.54. The number of benzene rings is 3. The van der Waals surface area contributed by atoms with Crippen LogP contribution in [0.2, 0.25) is 0 Å². The zero-order valence-corrected chi connectivity index (χ0v) is 14.8. The number of ether oxygens (including phenoxy) is 2. The summed E-state index contributed by atoms with van der Waals surface area (Å²) in [5.74, 6) is 2.25. The highest BCUT2D eigenvalue weighted by Crippen LogP contribution is 2.20. The Morgan fingerprint density at radius 3 is 1.56 bits per heavy atom. The molecule has 128 valence electrons. The molecule has 0 unspecified atom stereocenters. The van der Waals surface area contributed by atoms with E-state index in [4.69, 9.17) is 9.47 Å². The van der Waals surface area contributed by atoms with Crippen LogP contribution in [0.15, 0.2) is 78.9 Å². The predicted molar refractivity (Wildman–Crippen MR) is 102 cm³/mol. The maximum Gasteiger partial charge on any atom is 0.120 e. The van der Waals surface area contributed by atoms with E-state index in [0.29, 0.717) is 19.1 Å². The molecular formula is C23H24O2. The summed E-state index contributed by atoms with van der Waals surface area (Å²) < 4.78 is 11.6. The Hall–Kier alpha value is -2.74. The molecule has 0 atom stereocenters. The molecule has 2 heteroatoms. The third-order valence-corrected chi connectivity index (χ3v) is 4.12. The van der Waals surface area contributed by atoms with Crippen LogP contribution >= 0.6 is 0 Å². The van der Waals surface area contributed by atoms with Gasteiger partial charge in [0.25, 0.3) is 0 Å². The lowest BCUT2D eigenvalue weighted by Crippen LogP contribution is -1.97. The molecule has 0 bridgehead atoms. The number of hydrogen-bond acceptors (Lipinski definition) is 2. The van der Waals surface area contributed by atoms with E-state index in [1.54, 1.807) is 0 Å². The molecular weight excluding hydrogens is 308 g/mol. The van der Waals surface area contributed by atoms with Crippen LogP contribution in [-0.4, -0.2) is 0 Å². The Morgan fingerprint density at radius 1 is 0.600 bits per heavy atom. The second-order valence-corrected chi connectivity index (χ2v) is 6.43. The van der Waals surface area contributed by atoms with E-state index >= 15 is 0 Å². The van der Waals surface area contributed by atoms with Crippen molar-refractivity contribution in [3.63, 3.8) is 0 Å². The van der Waals surface area contributed by atoms with Gasteiger partial charge in [0.05, 0.1) is 0 Å². The van der Waals surface area contributed by atoms with Gasteiger partial charge in [0.1, 0.15) is 24.7 Å². The first-order valence-corrected chi connectivity index (χ1v) is 8.69. The van der Waals surface area contributed by atoms with Crippen molar-refractivity contribution in [3.8, 4) is 11.5 Å². The molecule has 0 radical (unpaired) electrons. The standard InChI is InChI=1S/C23H24O2/c1-18(2)21-10-8-20(9-11-21)17-25-23-14-12-22(13-15-23)24-16-19-6-4-3-5-7-19/h3-15,18H,16-17H2,1-2H3. The van der Waals surface area contributed by atoms with Gasteiger partial charge < -0.3 is 9.47 Å². The summed E-state index contributed by atoms with van der Waals surface area (Å²) in [6.07, 6.45) is 0. The second kappa shape index (κ2) is 8.39. The number of hydrogen-bond donors (Lipinski definition) is 0. The van der Waals surface area contributed by atoms with Gasteiger partial charge in [0.15, 0.2) is 0 Å². The molecule has 0 fully saturated rings. The fourth-order valence-corrected chi connectivity index (χ4v) is 2.54. The summed E-state index contributed by atoms with van der Waals surface area (Å²) in [5.41, 5.74) is 3.69. The summed E-state index contributed by atoms with van der Waals surface area (Å²) in [6, 6.07) is 26.5. The van der Waals surface area contributed by atoms with Gasteiger partial charge in [-0.25, -0.2) is 0 Å². The molecule has 0 N–H and O–H groups in total. The van der Waals surface area contributed by atoms with Crippen molar-refractivity contribution in [3.05, 3.63) is 95.6 Å². The Labute approximate surface area is 150 Å². The molecule has 3 rings (SSSR count). The first kappa shape index (κ1) is 17.1. The van der Waals surface area contributed by atoms with E-state index in [2.05, 4.69) is 50.2 Å². The highest BCUT2D eigenvalue weighted by atomic mass is 16.5. The quantitative estimate of drug-likeness (QED) is 0.531. The molecule has 0 amide bonds. The van der Waals surface area contributed by atoms with E-state index in [9.17, 15) is 0 Å². The Morgan fingerprint density at radius 2 is 1.08 bits per heavy atom. The summed E-state index contributed by atoms with van der Waals surface area (Å²) >= 11 is 0. The van der Waals surface area contributed by atoms with Crippen molar-refractivity contribution >= 4 is 0 Å². The van der Waals surface area contributed by atoms with Crippen molar-refractivity contribution in [2.24, 2.45) is 0 Å². The highest BCUT2D eigenvalue weighted by molar-refractivity contribution is 5.32. The van der Waals surface area contributed by atoms with Crippen LogP contribution in [0.1, 0.15) is 36.5 Å². The summed E-state index contributed by atoms with van der Waals surface area (Å²) in [5, 5.41) is 0. The lowest BCUT2D eigenvalue weighted by molar-refractivity contribution is 0.297. The van der Waals surface area contributed by atoms with E-state index in [1.807, 2.05) is 42.5 Å². The molecule has 0 saturated carbocycles. The first-order chi connectivity index (χ1) is 12.2. The molecule has 0 aliphatic rings. The second-order valence-electron chi connectivity index (χ2n) is 6.43. The molecule has 0 spiro atoms. The minimum Gasteiger partial charge on any atom is -0.489 e. The third kappa shape index (κ3) is 5.12. The molecule has 0 aliphatic heterocycles. The van der Waals surface area contributed by atoms with Crippen molar-refractivity contribution in [1.29, 1.82) is 0 Å². The molecule has 0 saturated heterocycles. The van der Waals surface area contributed by atoms with Crippen LogP contribution in [0.5, 0.6) is 11.5 Å². The Balaban J connectivity index is 1.50. The number of rotatable bonds is 7. The third-order valence-electron chi connectivity index (χ3n) is 4.12. The van der Waals surface area contributed by atoms with Gasteiger partial charge in [-0.05, 0) is 46.9 Å². The minimum atomic E-state index is 0.554. The smallest absolute Gasteiger partial charge is 0.120 e. The van der Waals surface area contributed by atoms with Crippen LogP contribution in [0.4, 0.5) is 0 Å². The lowest BCUT2D eigenvalue weighted by atomic mass is 10.0. The molecule has 3 aromatic carbocycles. The van der Waals surface area contributed by atoms with E-state index in [0.717, 1.165) is 17.1 Å². The maximum absolute atomic E-state index is 5.85. The van der Waals surface area contributed by atoms with Crippen LogP contribution in [-0.2, 0) is 13.2 Å². The Bertz CT molecular complexity index is 759. The van der Waals surface area contributed by atoms with Crippen molar-refractivity contribution in [2.75, 3.05) is 0 Å². The molecule has 3 aromatic rings. The molecule has 0 aliphatic carbocycles. The largest absolute Gasteiger partial charge is 0.489 e. The summed E-state index contributed by atoms with van der Waals surface area (Å²) in [6.45, 7) is 5.55. The maximum atomic E-state index is 5.85. The highest BCUT2D eigenvalue weighted by Gasteiger charge is 2.01. The van der Waals surface area contributed by atoms with Gasteiger partial charge in [-0.1, -0.05) is 68.4 Å². The average molecular weight is 332 g/mol. The van der Waals surface area contributed by atoms with Crippen LogP contribution in [0.25, 0.3) is 0 Å². The van der Waals surface area contributed by atoms with Gasteiger partial charge in [0.2, 0.25) is 0 Å². The van der Waals surface area contributed by atoms with Gasteiger partial charge in [-0.3, -0.25) is 0 Å². The zero-order chi connectivity index (χ0) is 17.5. The monoisotopic (exact) mass is 332 g/mol. The SMILES string of the molecule is CC(C)c1ccc(COc2ccc(OCc3ccccc3)cc2)cc1. The lowest BCUT2D eigenvalue weighted by Gasteiger charge is -2.10. The predicted octanol–water partition coefficient (Wildman–Crippen LogP) is 5.97. The van der Waals surface area contributed by atoms with Gasteiger partial charge >= 0.3 is 0 Å². The van der Waals surface area contributed by atoms with Gasteiger partial charge in [-0.15, -0.1) is 0 Å². The topological polar surface area (TPSA) is 18.5 Å². The van der Waals surface area contributed by atoms with E-state index in [1.165, 1.54) is 11.1 Å². The van der Waals surface area contributed by atoms with Gasteiger partial charge in [-0.2, -0.15) is 0 Å². The van der Waals surface area contributed by atoms with Gasteiger partial charge in [0, 0.05) is 0 Å². The van der Waals surface area contributed by atoms with Crippen molar-refractivity contribution in [1.82, 2.24) is 0 Å². The molecule has 2 nitrogen and oxygen atoms in total. The fraction of sp³-hybridized carbons (Fsp3) is 0.217. The van der Waals surface area contributed by atoms with Crippen LogP contribution in [0, 0.1) is 0 Å². The van der Waals surface area contributed by atoms with Crippen molar-refractivity contribution in [2.45, 2.75) is 33.0 Å². The summed E-state index contributed by atoms with van der Waals surface area (Å²) in [4.78, 5) is 0. The van der Waals surface area contributed by atoms with Crippen molar-refractivity contribution < 1.29 is 9.47 Å². The van der Waals surface area contributed by atoms with E-state index in [-0.39, 0.29) is 0 Å². The molecule has 0 heterocycles.